The third kappa shape index (κ3) is 4.41. The van der Waals surface area contributed by atoms with Crippen LogP contribution in [0.2, 0.25) is 0 Å². The highest BCUT2D eigenvalue weighted by Crippen LogP contribution is 2.02. The Kier molecular flexibility index (Phi) is 5.03. The van der Waals surface area contributed by atoms with Gasteiger partial charge in [-0.15, -0.1) is 5.10 Å². The molecule has 1 heterocycles. The van der Waals surface area contributed by atoms with Gasteiger partial charge in [-0.25, -0.2) is 4.68 Å². The Morgan fingerprint density at radius 2 is 1.95 bits per heavy atom. The molecule has 110 valence electrons. The Hall–Kier alpha value is -2.70. The topological polar surface area (TPSA) is 88.9 Å². The van der Waals surface area contributed by atoms with E-state index in [9.17, 15) is 9.59 Å². The van der Waals surface area contributed by atoms with Gasteiger partial charge in [-0.3, -0.25) is 9.59 Å². The molecule has 0 aliphatic heterocycles. The fourth-order valence-corrected chi connectivity index (χ4v) is 1.76. The molecule has 0 atom stereocenters. The zero-order valence-corrected chi connectivity index (χ0v) is 11.7. The molecule has 2 amide bonds. The summed E-state index contributed by atoms with van der Waals surface area (Å²) in [6.45, 7) is 2.81. The van der Waals surface area contributed by atoms with Crippen molar-refractivity contribution in [3.63, 3.8) is 0 Å². The first-order valence-electron chi connectivity index (χ1n) is 6.68. The van der Waals surface area contributed by atoms with Crippen LogP contribution in [0.4, 0.5) is 0 Å². The number of nitrogens with zero attached hydrogens (tertiary/aromatic N) is 3. The van der Waals surface area contributed by atoms with Crippen molar-refractivity contribution in [3.05, 3.63) is 47.8 Å². The highest BCUT2D eigenvalue weighted by Gasteiger charge is 2.11. The molecule has 2 N–H and O–H groups in total. The van der Waals surface area contributed by atoms with E-state index in [2.05, 4.69) is 20.9 Å². The minimum atomic E-state index is -0.416. The second-order valence-corrected chi connectivity index (χ2v) is 4.42. The number of hydrogen-bond donors (Lipinski definition) is 2. The van der Waals surface area contributed by atoms with Crippen molar-refractivity contribution in [1.29, 1.82) is 0 Å². The van der Waals surface area contributed by atoms with Crippen LogP contribution in [0, 0.1) is 0 Å². The molecule has 1 aromatic carbocycles. The fourth-order valence-electron chi connectivity index (χ4n) is 1.76. The third-order valence-electron chi connectivity index (χ3n) is 2.74. The second-order valence-electron chi connectivity index (χ2n) is 4.42. The summed E-state index contributed by atoms with van der Waals surface area (Å²) in [7, 11) is 0. The number of likely N-dealkylation sites (N-methyl/N-ethyl adjacent to an activating group) is 1. The van der Waals surface area contributed by atoms with Crippen molar-refractivity contribution in [3.8, 4) is 0 Å². The average molecular weight is 287 g/mol. The average Bonchev–Trinajstić information content (AvgIpc) is 2.95. The van der Waals surface area contributed by atoms with Crippen molar-refractivity contribution < 1.29 is 9.59 Å². The molecule has 0 bridgehead atoms. The Morgan fingerprint density at radius 1 is 1.19 bits per heavy atom. The molecule has 2 aromatic rings. The molecule has 0 radical (unpaired) electrons. The summed E-state index contributed by atoms with van der Waals surface area (Å²) in [6, 6.07) is 9.75. The molecule has 2 rings (SSSR count). The molecule has 0 spiro atoms. The number of benzene rings is 1. The standard InChI is InChI=1S/C14H17N5O2/c1-2-15-13(20)8-16-14(21)12-10-19(18-17-12)9-11-6-4-3-5-7-11/h3-7,10H,2,8-9H2,1H3,(H,15,20)(H,16,21). The van der Waals surface area contributed by atoms with Crippen LogP contribution in [-0.2, 0) is 11.3 Å². The largest absolute Gasteiger partial charge is 0.355 e. The van der Waals surface area contributed by atoms with Crippen LogP contribution in [0.3, 0.4) is 0 Å². The van der Waals surface area contributed by atoms with E-state index in [0.717, 1.165) is 5.56 Å². The number of hydrogen-bond acceptors (Lipinski definition) is 4. The third-order valence-corrected chi connectivity index (χ3v) is 2.74. The molecule has 21 heavy (non-hydrogen) atoms. The number of carbonyl (C=O) groups is 2. The maximum absolute atomic E-state index is 11.8. The summed E-state index contributed by atoms with van der Waals surface area (Å²) < 4.78 is 1.58. The molecule has 7 heteroatoms. The molecule has 0 fully saturated rings. The summed E-state index contributed by atoms with van der Waals surface area (Å²) >= 11 is 0. The van der Waals surface area contributed by atoms with E-state index < -0.39 is 5.91 Å². The zero-order chi connectivity index (χ0) is 15.1. The van der Waals surface area contributed by atoms with Gasteiger partial charge in [-0.05, 0) is 12.5 Å². The predicted molar refractivity (Wildman–Crippen MR) is 76.6 cm³/mol. The van der Waals surface area contributed by atoms with Gasteiger partial charge in [0.25, 0.3) is 5.91 Å². The molecular weight excluding hydrogens is 270 g/mol. The first-order valence-corrected chi connectivity index (χ1v) is 6.68. The monoisotopic (exact) mass is 287 g/mol. The van der Waals surface area contributed by atoms with Crippen LogP contribution in [-0.4, -0.2) is 39.9 Å². The van der Waals surface area contributed by atoms with Gasteiger partial charge >= 0.3 is 0 Å². The number of amides is 2. The van der Waals surface area contributed by atoms with Gasteiger partial charge in [0.05, 0.1) is 19.3 Å². The van der Waals surface area contributed by atoms with Gasteiger partial charge in [0, 0.05) is 6.54 Å². The smallest absolute Gasteiger partial charge is 0.273 e. The first kappa shape index (κ1) is 14.7. The maximum atomic E-state index is 11.8. The van der Waals surface area contributed by atoms with E-state index in [1.807, 2.05) is 37.3 Å². The summed E-state index contributed by atoms with van der Waals surface area (Å²) in [4.78, 5) is 23.1. The maximum Gasteiger partial charge on any atom is 0.273 e. The molecule has 0 aliphatic carbocycles. The van der Waals surface area contributed by atoms with Gasteiger partial charge in [0.15, 0.2) is 5.69 Å². The summed E-state index contributed by atoms with van der Waals surface area (Å²) in [5.74, 6) is -0.650. The number of rotatable bonds is 6. The number of nitrogens with one attached hydrogen (secondary N) is 2. The van der Waals surface area contributed by atoms with Crippen LogP contribution in [0.15, 0.2) is 36.5 Å². The summed E-state index contributed by atoms with van der Waals surface area (Å²) in [6.07, 6.45) is 1.56. The lowest BCUT2D eigenvalue weighted by molar-refractivity contribution is -0.120. The lowest BCUT2D eigenvalue weighted by Crippen LogP contribution is -2.36. The number of carbonyl (C=O) groups excluding carboxylic acids is 2. The van der Waals surface area contributed by atoms with Crippen molar-refractivity contribution >= 4 is 11.8 Å². The summed E-state index contributed by atoms with van der Waals surface area (Å²) in [5.41, 5.74) is 1.26. The van der Waals surface area contributed by atoms with E-state index in [0.29, 0.717) is 13.1 Å². The highest BCUT2D eigenvalue weighted by molar-refractivity contribution is 5.94. The van der Waals surface area contributed by atoms with Crippen molar-refractivity contribution in [2.24, 2.45) is 0 Å². The fraction of sp³-hybridized carbons (Fsp3) is 0.286. The van der Waals surface area contributed by atoms with E-state index in [1.165, 1.54) is 0 Å². The van der Waals surface area contributed by atoms with Gasteiger partial charge in [0.1, 0.15) is 0 Å². The SMILES string of the molecule is CCNC(=O)CNC(=O)c1cn(Cc2ccccc2)nn1. The van der Waals surface area contributed by atoms with Gasteiger partial charge in [-0.2, -0.15) is 0 Å². The van der Waals surface area contributed by atoms with Crippen molar-refractivity contribution in [1.82, 2.24) is 25.6 Å². The molecule has 0 saturated heterocycles. The first-order chi connectivity index (χ1) is 10.2. The van der Waals surface area contributed by atoms with E-state index in [-0.39, 0.29) is 18.1 Å². The van der Waals surface area contributed by atoms with E-state index in [4.69, 9.17) is 0 Å². The number of aromatic nitrogens is 3. The highest BCUT2D eigenvalue weighted by atomic mass is 16.2. The van der Waals surface area contributed by atoms with Gasteiger partial charge in [-0.1, -0.05) is 35.5 Å². The Bertz CT molecular complexity index is 609. The molecular formula is C14H17N5O2. The van der Waals surface area contributed by atoms with Crippen molar-refractivity contribution in [2.45, 2.75) is 13.5 Å². The lowest BCUT2D eigenvalue weighted by Gasteiger charge is -2.02. The summed E-state index contributed by atoms with van der Waals surface area (Å²) in [5, 5.41) is 12.8. The molecule has 1 aromatic heterocycles. The van der Waals surface area contributed by atoms with Crippen LogP contribution >= 0.6 is 0 Å². The van der Waals surface area contributed by atoms with Gasteiger partial charge in [0.2, 0.25) is 5.91 Å². The van der Waals surface area contributed by atoms with Crippen LogP contribution in [0.5, 0.6) is 0 Å². The van der Waals surface area contributed by atoms with Crippen LogP contribution < -0.4 is 10.6 Å². The molecule has 7 nitrogen and oxygen atoms in total. The molecule has 0 saturated carbocycles. The molecule has 0 aliphatic rings. The normalized spacial score (nSPS) is 10.1. The Balaban J connectivity index is 1.90. The lowest BCUT2D eigenvalue weighted by atomic mass is 10.2. The van der Waals surface area contributed by atoms with Crippen molar-refractivity contribution in [2.75, 3.05) is 13.1 Å². The quantitative estimate of drug-likeness (QED) is 0.794. The Labute approximate surface area is 122 Å². The minimum absolute atomic E-state index is 0.0712. The molecule has 0 unspecified atom stereocenters. The minimum Gasteiger partial charge on any atom is -0.355 e. The second kappa shape index (κ2) is 7.18. The van der Waals surface area contributed by atoms with Gasteiger partial charge < -0.3 is 10.6 Å². The zero-order valence-electron chi connectivity index (χ0n) is 11.7. The van der Waals surface area contributed by atoms with E-state index >= 15 is 0 Å². The van der Waals surface area contributed by atoms with Crippen LogP contribution in [0.25, 0.3) is 0 Å². The Morgan fingerprint density at radius 3 is 2.67 bits per heavy atom. The predicted octanol–water partition coefficient (Wildman–Crippen LogP) is 0.192. The van der Waals surface area contributed by atoms with Crippen LogP contribution in [0.1, 0.15) is 23.0 Å². The van der Waals surface area contributed by atoms with E-state index in [1.54, 1.807) is 10.9 Å².